The average molecular weight is 305 g/mol. The van der Waals surface area contributed by atoms with Crippen LogP contribution in [0.15, 0.2) is 48.8 Å². The predicted octanol–water partition coefficient (Wildman–Crippen LogP) is 2.19. The first-order valence-electron chi connectivity index (χ1n) is 6.60. The number of aromatic nitrogens is 1. The summed E-state index contributed by atoms with van der Waals surface area (Å²) < 4.78 is 26.4. The van der Waals surface area contributed by atoms with E-state index in [1.807, 2.05) is 19.1 Å². The third-order valence-corrected chi connectivity index (χ3v) is 5.36. The van der Waals surface area contributed by atoms with Crippen LogP contribution in [0.4, 0.5) is 5.69 Å². The molecule has 112 valence electrons. The molecule has 2 aromatic rings. The molecule has 2 rings (SSSR count). The van der Waals surface area contributed by atoms with Gasteiger partial charge in [0.15, 0.2) is 0 Å². The monoisotopic (exact) mass is 305 g/mol. The Hall–Kier alpha value is -1.92. The van der Waals surface area contributed by atoms with E-state index in [-0.39, 0.29) is 11.8 Å². The fraction of sp³-hybridized carbons (Fsp3) is 0.267. The number of benzene rings is 1. The molecule has 0 aliphatic heterocycles. The van der Waals surface area contributed by atoms with E-state index in [2.05, 4.69) is 4.98 Å². The van der Waals surface area contributed by atoms with Gasteiger partial charge in [0.1, 0.15) is 0 Å². The second-order valence-corrected chi connectivity index (χ2v) is 7.00. The molecule has 0 saturated heterocycles. The van der Waals surface area contributed by atoms with E-state index in [1.165, 1.54) is 4.31 Å². The van der Waals surface area contributed by atoms with E-state index in [4.69, 9.17) is 5.73 Å². The fourth-order valence-corrected chi connectivity index (χ4v) is 3.50. The maximum atomic E-state index is 12.5. The molecule has 1 aromatic heterocycles. The molecular formula is C15H19N3O2S. The van der Waals surface area contributed by atoms with Gasteiger partial charge in [-0.15, -0.1) is 0 Å². The molecule has 0 spiro atoms. The van der Waals surface area contributed by atoms with Gasteiger partial charge in [0.25, 0.3) is 0 Å². The highest BCUT2D eigenvalue weighted by Crippen LogP contribution is 2.23. The van der Waals surface area contributed by atoms with Gasteiger partial charge in [-0.25, -0.2) is 8.42 Å². The summed E-state index contributed by atoms with van der Waals surface area (Å²) in [4.78, 5) is 3.94. The van der Waals surface area contributed by atoms with Gasteiger partial charge in [-0.3, -0.25) is 4.98 Å². The van der Waals surface area contributed by atoms with Crippen LogP contribution in [0.1, 0.15) is 24.1 Å². The minimum Gasteiger partial charge on any atom is -0.399 e. The molecular weight excluding hydrogens is 286 g/mol. The highest BCUT2D eigenvalue weighted by atomic mass is 32.2. The summed E-state index contributed by atoms with van der Waals surface area (Å²) in [6.45, 7) is 1.85. The number of nitrogens with zero attached hydrogens (tertiary/aromatic N) is 2. The lowest BCUT2D eigenvalue weighted by atomic mass is 10.1. The third kappa shape index (κ3) is 3.80. The second-order valence-electron chi connectivity index (χ2n) is 4.97. The van der Waals surface area contributed by atoms with E-state index in [1.54, 1.807) is 43.7 Å². The molecule has 2 N–H and O–H groups in total. The van der Waals surface area contributed by atoms with Gasteiger partial charge in [0.05, 0.1) is 5.75 Å². The minimum absolute atomic E-state index is 0.0655. The minimum atomic E-state index is -3.42. The summed E-state index contributed by atoms with van der Waals surface area (Å²) in [5, 5.41) is 0. The van der Waals surface area contributed by atoms with Crippen LogP contribution in [0, 0.1) is 0 Å². The summed E-state index contributed by atoms with van der Waals surface area (Å²) in [6.07, 6.45) is 3.31. The van der Waals surface area contributed by atoms with Crippen molar-refractivity contribution in [1.82, 2.24) is 9.29 Å². The normalized spacial score (nSPS) is 13.3. The lowest BCUT2D eigenvalue weighted by molar-refractivity contribution is 0.397. The Kier molecular flexibility index (Phi) is 4.59. The number of nitrogen functional groups attached to an aromatic ring is 1. The quantitative estimate of drug-likeness (QED) is 0.859. The van der Waals surface area contributed by atoms with Crippen molar-refractivity contribution in [3.8, 4) is 0 Å². The first kappa shape index (κ1) is 15.5. The van der Waals surface area contributed by atoms with Crippen LogP contribution in [0.5, 0.6) is 0 Å². The molecule has 1 atom stereocenters. The Labute approximate surface area is 125 Å². The standard InChI is InChI=1S/C15H19N3O2S/c1-12(14-6-8-17-9-7-14)18(2)21(19,20)11-13-4-3-5-15(16)10-13/h3-10,12H,11,16H2,1-2H3. The largest absolute Gasteiger partial charge is 0.399 e. The van der Waals surface area contributed by atoms with Crippen molar-refractivity contribution in [2.24, 2.45) is 0 Å². The smallest absolute Gasteiger partial charge is 0.218 e. The first-order chi connectivity index (χ1) is 9.90. The molecule has 21 heavy (non-hydrogen) atoms. The second kappa shape index (κ2) is 6.24. The molecule has 5 nitrogen and oxygen atoms in total. The maximum absolute atomic E-state index is 12.5. The van der Waals surface area contributed by atoms with E-state index < -0.39 is 10.0 Å². The number of sulfonamides is 1. The van der Waals surface area contributed by atoms with Crippen molar-refractivity contribution in [1.29, 1.82) is 0 Å². The Balaban J connectivity index is 2.19. The van der Waals surface area contributed by atoms with Crippen LogP contribution in [0.25, 0.3) is 0 Å². The number of pyridine rings is 1. The van der Waals surface area contributed by atoms with Gasteiger partial charge < -0.3 is 5.73 Å². The molecule has 6 heteroatoms. The van der Waals surface area contributed by atoms with Gasteiger partial charge in [-0.05, 0) is 42.3 Å². The highest BCUT2D eigenvalue weighted by Gasteiger charge is 2.24. The Morgan fingerprint density at radius 3 is 2.52 bits per heavy atom. The third-order valence-electron chi connectivity index (χ3n) is 3.47. The van der Waals surface area contributed by atoms with Crippen molar-refractivity contribution in [2.45, 2.75) is 18.7 Å². The molecule has 1 heterocycles. The van der Waals surface area contributed by atoms with Crippen LogP contribution >= 0.6 is 0 Å². The number of hydrogen-bond donors (Lipinski definition) is 1. The van der Waals surface area contributed by atoms with Gasteiger partial charge in [-0.1, -0.05) is 12.1 Å². The molecule has 0 fully saturated rings. The lowest BCUT2D eigenvalue weighted by Gasteiger charge is -2.24. The van der Waals surface area contributed by atoms with Crippen molar-refractivity contribution in [3.63, 3.8) is 0 Å². The summed E-state index contributed by atoms with van der Waals surface area (Å²) in [5.41, 5.74) is 7.84. The molecule has 0 amide bonds. The summed E-state index contributed by atoms with van der Waals surface area (Å²) in [5.74, 6) is -0.0655. The summed E-state index contributed by atoms with van der Waals surface area (Å²) in [7, 11) is -1.83. The van der Waals surface area contributed by atoms with Crippen LogP contribution < -0.4 is 5.73 Å². The number of rotatable bonds is 5. The number of anilines is 1. The Morgan fingerprint density at radius 1 is 1.24 bits per heavy atom. The molecule has 0 saturated carbocycles. The SMILES string of the molecule is CC(c1ccncc1)N(C)S(=O)(=O)Cc1cccc(N)c1. The number of hydrogen-bond acceptors (Lipinski definition) is 4. The molecule has 1 unspecified atom stereocenters. The molecule has 0 bridgehead atoms. The molecule has 0 aliphatic rings. The van der Waals surface area contributed by atoms with Crippen molar-refractivity contribution < 1.29 is 8.42 Å². The van der Waals surface area contributed by atoms with E-state index in [0.29, 0.717) is 11.3 Å². The Morgan fingerprint density at radius 2 is 1.90 bits per heavy atom. The van der Waals surface area contributed by atoms with E-state index >= 15 is 0 Å². The van der Waals surface area contributed by atoms with Gasteiger partial charge >= 0.3 is 0 Å². The fourth-order valence-electron chi connectivity index (χ4n) is 2.09. The lowest BCUT2D eigenvalue weighted by Crippen LogP contribution is -2.30. The highest BCUT2D eigenvalue weighted by molar-refractivity contribution is 7.88. The van der Waals surface area contributed by atoms with Crippen LogP contribution in [-0.4, -0.2) is 24.8 Å². The van der Waals surface area contributed by atoms with Crippen molar-refractivity contribution in [2.75, 3.05) is 12.8 Å². The van der Waals surface area contributed by atoms with E-state index in [9.17, 15) is 8.42 Å². The number of nitrogens with two attached hydrogens (primary N) is 1. The predicted molar refractivity (Wildman–Crippen MR) is 83.9 cm³/mol. The van der Waals surface area contributed by atoms with Crippen LogP contribution in [-0.2, 0) is 15.8 Å². The zero-order valence-corrected chi connectivity index (χ0v) is 12.9. The molecule has 1 aromatic carbocycles. The zero-order chi connectivity index (χ0) is 15.5. The van der Waals surface area contributed by atoms with Gasteiger partial charge in [0.2, 0.25) is 10.0 Å². The van der Waals surface area contributed by atoms with Crippen LogP contribution in [0.2, 0.25) is 0 Å². The van der Waals surface area contributed by atoms with Crippen molar-refractivity contribution in [3.05, 3.63) is 59.9 Å². The van der Waals surface area contributed by atoms with Crippen molar-refractivity contribution >= 4 is 15.7 Å². The molecule has 0 aliphatic carbocycles. The van der Waals surface area contributed by atoms with E-state index in [0.717, 1.165) is 5.56 Å². The van der Waals surface area contributed by atoms with Gasteiger partial charge in [0, 0.05) is 31.2 Å². The average Bonchev–Trinajstić information content (AvgIpc) is 2.46. The van der Waals surface area contributed by atoms with Crippen LogP contribution in [0.3, 0.4) is 0 Å². The van der Waals surface area contributed by atoms with Gasteiger partial charge in [-0.2, -0.15) is 4.31 Å². The molecule has 0 radical (unpaired) electrons. The Bertz CT molecular complexity index is 702. The zero-order valence-electron chi connectivity index (χ0n) is 12.1. The first-order valence-corrected chi connectivity index (χ1v) is 8.21. The summed E-state index contributed by atoms with van der Waals surface area (Å²) >= 11 is 0. The maximum Gasteiger partial charge on any atom is 0.218 e. The topological polar surface area (TPSA) is 76.3 Å². The summed E-state index contributed by atoms with van der Waals surface area (Å²) in [6, 6.07) is 10.3.